The van der Waals surface area contributed by atoms with E-state index in [4.69, 9.17) is 4.42 Å². The predicted octanol–water partition coefficient (Wildman–Crippen LogP) is 4.30. The van der Waals surface area contributed by atoms with Gasteiger partial charge in [0, 0.05) is 27.7 Å². The van der Waals surface area contributed by atoms with Crippen LogP contribution in [0.1, 0.15) is 22.5 Å². The van der Waals surface area contributed by atoms with Gasteiger partial charge in [-0.15, -0.1) is 0 Å². The lowest BCUT2D eigenvalue weighted by Crippen LogP contribution is -2.25. The van der Waals surface area contributed by atoms with Crippen LogP contribution in [0.5, 0.6) is 0 Å². The number of nitrogens with zero attached hydrogens (tertiary/aromatic N) is 1. The van der Waals surface area contributed by atoms with Crippen molar-refractivity contribution in [3.63, 3.8) is 0 Å². The largest absolute Gasteiger partial charge is 0.451 e. The highest BCUT2D eigenvalue weighted by atomic mass is 79.9. The van der Waals surface area contributed by atoms with E-state index >= 15 is 0 Å². The number of hydrogen-bond acceptors (Lipinski definition) is 4. The number of sulfonamides is 1. The van der Waals surface area contributed by atoms with E-state index in [0.29, 0.717) is 29.9 Å². The van der Waals surface area contributed by atoms with Crippen LogP contribution in [0.15, 0.2) is 51.4 Å². The van der Waals surface area contributed by atoms with Crippen molar-refractivity contribution in [3.8, 4) is 0 Å². The van der Waals surface area contributed by atoms with Gasteiger partial charge in [-0.2, -0.15) is 0 Å². The molecule has 1 aromatic heterocycles. The quantitative estimate of drug-likeness (QED) is 0.647. The molecule has 6 nitrogen and oxygen atoms in total. The van der Waals surface area contributed by atoms with Crippen molar-refractivity contribution in [3.05, 3.63) is 58.3 Å². The highest BCUT2D eigenvalue weighted by Gasteiger charge is 2.28. The van der Waals surface area contributed by atoms with Crippen LogP contribution in [0.25, 0.3) is 11.0 Å². The number of furan rings is 1. The van der Waals surface area contributed by atoms with Gasteiger partial charge in [0.2, 0.25) is 10.0 Å². The van der Waals surface area contributed by atoms with Crippen LogP contribution in [-0.2, 0) is 10.0 Å². The van der Waals surface area contributed by atoms with Crippen molar-refractivity contribution in [2.45, 2.75) is 13.3 Å². The zero-order valence-electron chi connectivity index (χ0n) is 14.5. The maximum absolute atomic E-state index is 12.7. The first-order valence-electron chi connectivity index (χ1n) is 8.46. The first kappa shape index (κ1) is 18.1. The summed E-state index contributed by atoms with van der Waals surface area (Å²) in [5.74, 6) is 0.0145. The van der Waals surface area contributed by atoms with E-state index in [-0.39, 0.29) is 17.4 Å². The van der Waals surface area contributed by atoms with Crippen molar-refractivity contribution < 1.29 is 17.6 Å². The highest BCUT2D eigenvalue weighted by Crippen LogP contribution is 2.30. The number of nitrogens with one attached hydrogen (secondary N) is 1. The van der Waals surface area contributed by atoms with Crippen LogP contribution >= 0.6 is 15.9 Å². The Kier molecular flexibility index (Phi) is 4.47. The topological polar surface area (TPSA) is 79.6 Å². The summed E-state index contributed by atoms with van der Waals surface area (Å²) in [4.78, 5) is 12.7. The lowest BCUT2D eigenvalue weighted by Gasteiger charge is -2.17. The van der Waals surface area contributed by atoms with Gasteiger partial charge >= 0.3 is 0 Å². The van der Waals surface area contributed by atoms with Gasteiger partial charge in [0.25, 0.3) is 5.91 Å². The zero-order chi connectivity index (χ0) is 19.2. The Balaban J connectivity index is 1.62. The molecule has 1 N–H and O–H groups in total. The summed E-state index contributed by atoms with van der Waals surface area (Å²) in [6.45, 7) is 2.29. The third kappa shape index (κ3) is 3.35. The normalized spacial score (nSPS) is 16.0. The molecular weight excluding hydrogens is 432 g/mol. The van der Waals surface area contributed by atoms with E-state index in [0.717, 1.165) is 15.4 Å². The molecule has 1 aliphatic heterocycles. The first-order chi connectivity index (χ1) is 12.8. The number of anilines is 2. The Morgan fingerprint density at radius 3 is 2.78 bits per heavy atom. The number of carbonyl (C=O) groups is 1. The van der Waals surface area contributed by atoms with Crippen LogP contribution in [0.2, 0.25) is 0 Å². The van der Waals surface area contributed by atoms with Crippen LogP contribution in [0.4, 0.5) is 11.4 Å². The predicted molar refractivity (Wildman–Crippen MR) is 109 cm³/mol. The molecule has 140 valence electrons. The lowest BCUT2D eigenvalue weighted by atomic mass is 10.1. The fourth-order valence-corrected chi connectivity index (χ4v) is 5.18. The van der Waals surface area contributed by atoms with E-state index in [9.17, 15) is 13.2 Å². The van der Waals surface area contributed by atoms with E-state index in [2.05, 4.69) is 21.2 Å². The van der Waals surface area contributed by atoms with Crippen molar-refractivity contribution in [1.29, 1.82) is 0 Å². The van der Waals surface area contributed by atoms with Gasteiger partial charge in [0.15, 0.2) is 5.76 Å². The summed E-state index contributed by atoms with van der Waals surface area (Å²) < 4.78 is 32.2. The molecule has 0 spiro atoms. The second-order valence-corrected chi connectivity index (χ2v) is 9.37. The number of fused-ring (bicyclic) bond motifs is 1. The van der Waals surface area contributed by atoms with Crippen molar-refractivity contribution >= 4 is 54.2 Å². The smallest absolute Gasteiger partial charge is 0.291 e. The van der Waals surface area contributed by atoms with Gasteiger partial charge in [-0.3, -0.25) is 9.10 Å². The molecule has 1 amide bonds. The zero-order valence-corrected chi connectivity index (χ0v) is 16.9. The van der Waals surface area contributed by atoms with E-state index < -0.39 is 10.0 Å². The summed E-state index contributed by atoms with van der Waals surface area (Å²) in [6, 6.07) is 12.4. The number of halogens is 1. The fourth-order valence-electron chi connectivity index (χ4n) is 3.27. The number of amides is 1. The van der Waals surface area contributed by atoms with E-state index in [1.165, 1.54) is 4.31 Å². The van der Waals surface area contributed by atoms with Gasteiger partial charge in [-0.25, -0.2) is 8.42 Å². The minimum Gasteiger partial charge on any atom is -0.451 e. The molecule has 1 fully saturated rings. The van der Waals surface area contributed by atoms with Crippen molar-refractivity contribution in [1.82, 2.24) is 0 Å². The summed E-state index contributed by atoms with van der Waals surface area (Å²) in [5, 5.41) is 3.67. The van der Waals surface area contributed by atoms with Crippen LogP contribution in [-0.4, -0.2) is 26.6 Å². The first-order valence-corrected chi connectivity index (χ1v) is 10.9. The maximum atomic E-state index is 12.7. The summed E-state index contributed by atoms with van der Waals surface area (Å²) >= 11 is 3.42. The monoisotopic (exact) mass is 448 g/mol. The Hall–Kier alpha value is -2.32. The van der Waals surface area contributed by atoms with Crippen molar-refractivity contribution in [2.75, 3.05) is 21.9 Å². The maximum Gasteiger partial charge on any atom is 0.291 e. The molecule has 3 aromatic rings. The average Bonchev–Trinajstić information content (AvgIpc) is 3.14. The molecule has 0 atom stereocenters. The second-order valence-electron chi connectivity index (χ2n) is 6.44. The minimum absolute atomic E-state index is 0.150. The Labute approximate surface area is 165 Å². The highest BCUT2D eigenvalue weighted by molar-refractivity contribution is 9.10. The molecule has 1 saturated heterocycles. The number of rotatable bonds is 3. The van der Waals surface area contributed by atoms with E-state index in [1.807, 2.05) is 25.1 Å². The number of aryl methyl sites for hydroxylation is 1. The number of carbonyl (C=O) groups excluding carboxylic acids is 1. The summed E-state index contributed by atoms with van der Waals surface area (Å²) in [7, 11) is -3.27. The lowest BCUT2D eigenvalue weighted by molar-refractivity contribution is 0.0998. The molecule has 2 aromatic carbocycles. The molecular formula is C19H17BrN2O4S. The molecule has 0 saturated carbocycles. The molecule has 0 radical (unpaired) electrons. The Bertz CT molecular complexity index is 1150. The molecule has 4 rings (SSSR count). The molecule has 27 heavy (non-hydrogen) atoms. The standard InChI is InChI=1S/C19H17BrN2O4S/c1-12-16-10-13(20)6-7-17(16)26-18(12)19(23)21-14-4-2-5-15(11-14)22-8-3-9-27(22,24)25/h2,4-7,10-11H,3,8-9H2,1H3,(H,21,23). The third-order valence-electron chi connectivity index (χ3n) is 4.60. The Morgan fingerprint density at radius 2 is 2.04 bits per heavy atom. The molecule has 2 heterocycles. The molecule has 8 heteroatoms. The van der Waals surface area contributed by atoms with Crippen molar-refractivity contribution in [2.24, 2.45) is 0 Å². The van der Waals surface area contributed by atoms with Gasteiger partial charge in [0.1, 0.15) is 5.58 Å². The van der Waals surface area contributed by atoms with Gasteiger partial charge in [0.05, 0.1) is 11.4 Å². The van der Waals surface area contributed by atoms with Crippen LogP contribution < -0.4 is 9.62 Å². The molecule has 0 bridgehead atoms. The average molecular weight is 449 g/mol. The van der Waals surface area contributed by atoms with Crippen LogP contribution in [0, 0.1) is 6.92 Å². The Morgan fingerprint density at radius 1 is 1.22 bits per heavy atom. The fraction of sp³-hybridized carbons (Fsp3) is 0.211. The number of hydrogen-bond donors (Lipinski definition) is 1. The molecule has 1 aliphatic rings. The van der Waals surface area contributed by atoms with Gasteiger partial charge < -0.3 is 9.73 Å². The molecule has 0 unspecified atom stereocenters. The summed E-state index contributed by atoms with van der Waals surface area (Å²) in [5.41, 5.74) is 2.45. The SMILES string of the molecule is Cc1c(C(=O)Nc2cccc(N3CCCS3(=O)=O)c2)oc2ccc(Br)cc12. The van der Waals surface area contributed by atoms with E-state index in [1.54, 1.807) is 24.3 Å². The second kappa shape index (κ2) is 6.69. The molecule has 0 aliphatic carbocycles. The van der Waals surface area contributed by atoms with Gasteiger partial charge in [-0.05, 0) is 49.7 Å². The minimum atomic E-state index is -3.27. The van der Waals surface area contributed by atoms with Gasteiger partial charge in [-0.1, -0.05) is 22.0 Å². The summed E-state index contributed by atoms with van der Waals surface area (Å²) in [6.07, 6.45) is 0.604. The number of benzene rings is 2. The third-order valence-corrected chi connectivity index (χ3v) is 6.96. The van der Waals surface area contributed by atoms with Crippen LogP contribution in [0.3, 0.4) is 0 Å².